The number of ether oxygens (including phenoxy) is 1. The second-order valence-electron chi connectivity index (χ2n) is 11.9. The number of carboxylic acid groups (broad SMARTS) is 1. The van der Waals surface area contributed by atoms with Crippen LogP contribution in [-0.2, 0) is 20.8 Å². The summed E-state index contributed by atoms with van der Waals surface area (Å²) in [4.78, 5) is 46.1. The lowest BCUT2D eigenvalue weighted by Gasteiger charge is -2.17. The first kappa shape index (κ1) is 38.8. The number of hydrogen-bond donors (Lipinski definition) is 5. The van der Waals surface area contributed by atoms with E-state index in [1.807, 2.05) is 49.7 Å². The lowest BCUT2D eigenvalue weighted by atomic mass is 10.0. The standard InChI is InChI=1S/C35H41N5O3S.C2HF3O2/c1-23-28(29-20-27(43-2)15-16-30(29)38-23)21-34(42)39-31(11-5-4-6-12-33(41)36-17-18-44-3)35-37-22-32(40-35)26-14-13-24-9-7-8-10-25(24)19-26;3-2(4,5)1(6)7/h7-10,13-16,19-20,22,31,38H,4-6,11-12,17-18,21H2,1-3H3,(H,36,41)(H,37,40)(H,39,42);(H,6,7)/t31-;/m0./s1. The number of hydrogen-bond acceptors (Lipinski definition) is 6. The van der Waals surface area contributed by atoms with Crippen LogP contribution in [0.1, 0.15) is 55.2 Å². The third kappa shape index (κ3) is 11.3. The van der Waals surface area contributed by atoms with Crippen molar-refractivity contribution in [2.45, 2.75) is 57.7 Å². The number of alkyl halides is 3. The van der Waals surface area contributed by atoms with Crippen LogP contribution in [0, 0.1) is 6.92 Å². The van der Waals surface area contributed by atoms with Crippen molar-refractivity contribution in [3.63, 3.8) is 0 Å². The van der Waals surface area contributed by atoms with Crippen molar-refractivity contribution in [2.75, 3.05) is 25.7 Å². The fourth-order valence-corrected chi connectivity index (χ4v) is 5.91. The van der Waals surface area contributed by atoms with Gasteiger partial charge < -0.3 is 30.4 Å². The Hall–Kier alpha value is -4.98. The van der Waals surface area contributed by atoms with Crippen LogP contribution in [-0.4, -0.2) is 69.7 Å². The Bertz CT molecular complexity index is 1940. The number of thioether (sulfide) groups is 1. The molecule has 272 valence electrons. The number of aromatic amines is 2. The average Bonchev–Trinajstić information content (AvgIpc) is 3.71. The van der Waals surface area contributed by atoms with Gasteiger partial charge in [0.05, 0.1) is 31.5 Å². The summed E-state index contributed by atoms with van der Waals surface area (Å²) in [6.07, 6.45) is 2.82. The third-order valence-corrected chi connectivity index (χ3v) is 8.87. The van der Waals surface area contributed by atoms with Gasteiger partial charge in [0.1, 0.15) is 11.6 Å². The van der Waals surface area contributed by atoms with Gasteiger partial charge in [0, 0.05) is 40.9 Å². The van der Waals surface area contributed by atoms with Crippen molar-refractivity contribution >= 4 is 51.2 Å². The van der Waals surface area contributed by atoms with E-state index in [-0.39, 0.29) is 24.3 Å². The van der Waals surface area contributed by atoms with Crippen LogP contribution < -0.4 is 15.4 Å². The minimum absolute atomic E-state index is 0.0707. The molecule has 0 saturated heterocycles. The number of amides is 2. The maximum absolute atomic E-state index is 13.5. The van der Waals surface area contributed by atoms with E-state index < -0.39 is 12.1 Å². The van der Waals surface area contributed by atoms with E-state index in [0.29, 0.717) is 19.4 Å². The molecular formula is C37H42F3N5O5S. The molecule has 51 heavy (non-hydrogen) atoms. The van der Waals surface area contributed by atoms with Crippen LogP contribution in [0.15, 0.2) is 66.9 Å². The molecule has 1 atom stereocenters. The Kier molecular flexibility index (Phi) is 13.9. The molecule has 2 aromatic heterocycles. The van der Waals surface area contributed by atoms with Crippen molar-refractivity contribution < 1.29 is 37.4 Å². The van der Waals surface area contributed by atoms with Gasteiger partial charge in [-0.15, -0.1) is 0 Å². The van der Waals surface area contributed by atoms with E-state index in [0.717, 1.165) is 75.4 Å². The minimum Gasteiger partial charge on any atom is -0.497 e. The van der Waals surface area contributed by atoms with Gasteiger partial charge in [-0.05, 0) is 66.6 Å². The smallest absolute Gasteiger partial charge is 0.490 e. The van der Waals surface area contributed by atoms with Crippen molar-refractivity contribution in [1.82, 2.24) is 25.6 Å². The zero-order valence-corrected chi connectivity index (χ0v) is 29.5. The van der Waals surface area contributed by atoms with Crippen LogP contribution in [0.25, 0.3) is 32.9 Å². The molecule has 5 N–H and O–H groups in total. The maximum atomic E-state index is 13.5. The molecule has 0 aliphatic heterocycles. The normalized spacial score (nSPS) is 11.9. The molecule has 0 fully saturated rings. The number of unbranched alkanes of at least 4 members (excludes halogenated alkanes) is 2. The van der Waals surface area contributed by atoms with Gasteiger partial charge in [-0.3, -0.25) is 9.59 Å². The zero-order valence-electron chi connectivity index (χ0n) is 28.7. The fraction of sp³-hybridized carbons (Fsp3) is 0.351. The Labute approximate surface area is 298 Å². The number of imidazole rings is 1. The number of fused-ring (bicyclic) bond motifs is 2. The highest BCUT2D eigenvalue weighted by atomic mass is 32.2. The van der Waals surface area contributed by atoms with E-state index in [4.69, 9.17) is 19.6 Å². The Morgan fingerprint density at radius 2 is 1.73 bits per heavy atom. The summed E-state index contributed by atoms with van der Waals surface area (Å²) in [5.41, 5.74) is 4.85. The number of halogens is 3. The highest BCUT2D eigenvalue weighted by Crippen LogP contribution is 2.29. The predicted molar refractivity (Wildman–Crippen MR) is 194 cm³/mol. The Morgan fingerprint density at radius 3 is 2.43 bits per heavy atom. The van der Waals surface area contributed by atoms with E-state index in [1.165, 1.54) is 5.39 Å². The maximum Gasteiger partial charge on any atom is 0.490 e. The van der Waals surface area contributed by atoms with E-state index >= 15 is 0 Å². The lowest BCUT2D eigenvalue weighted by molar-refractivity contribution is -0.192. The van der Waals surface area contributed by atoms with Crippen molar-refractivity contribution in [3.05, 3.63) is 83.9 Å². The van der Waals surface area contributed by atoms with Gasteiger partial charge in [0.15, 0.2) is 0 Å². The van der Waals surface area contributed by atoms with Crippen molar-refractivity contribution in [1.29, 1.82) is 0 Å². The predicted octanol–water partition coefficient (Wildman–Crippen LogP) is 7.49. The van der Waals surface area contributed by atoms with E-state index in [1.54, 1.807) is 18.9 Å². The van der Waals surface area contributed by atoms with Gasteiger partial charge in [-0.2, -0.15) is 24.9 Å². The average molecular weight is 726 g/mol. The second kappa shape index (κ2) is 18.3. The number of aliphatic carboxylic acids is 1. The number of aryl methyl sites for hydroxylation is 1. The summed E-state index contributed by atoms with van der Waals surface area (Å²) >= 11 is 1.72. The SMILES string of the molecule is COc1ccc2[nH]c(C)c(CC(=O)N[C@@H](CCCCCC(=O)NCCSC)c3ncc(-c4ccc5ccccc5c4)[nH]3)c2c1.O=C(O)C(F)(F)F. The summed E-state index contributed by atoms with van der Waals surface area (Å²) in [5.74, 6) is -0.324. The molecule has 0 spiro atoms. The summed E-state index contributed by atoms with van der Waals surface area (Å²) in [6, 6.07) is 20.2. The molecule has 0 aliphatic rings. The molecule has 0 unspecified atom stereocenters. The largest absolute Gasteiger partial charge is 0.497 e. The first-order valence-corrected chi connectivity index (χ1v) is 17.8. The number of aromatic nitrogens is 3. The minimum atomic E-state index is -5.08. The number of benzene rings is 3. The van der Waals surface area contributed by atoms with Gasteiger partial charge >= 0.3 is 12.1 Å². The zero-order chi connectivity index (χ0) is 37.0. The van der Waals surface area contributed by atoms with Crippen LogP contribution in [0.4, 0.5) is 13.2 Å². The number of methoxy groups -OCH3 is 1. The lowest BCUT2D eigenvalue weighted by Crippen LogP contribution is -2.30. The van der Waals surface area contributed by atoms with E-state index in [2.05, 4.69) is 50.9 Å². The molecule has 14 heteroatoms. The highest BCUT2D eigenvalue weighted by Gasteiger charge is 2.38. The third-order valence-electron chi connectivity index (χ3n) is 8.25. The number of H-pyrrole nitrogens is 2. The molecule has 10 nitrogen and oxygen atoms in total. The number of carbonyl (C=O) groups is 3. The number of nitrogens with zero attached hydrogens (tertiary/aromatic N) is 1. The monoisotopic (exact) mass is 725 g/mol. The quantitative estimate of drug-likeness (QED) is 0.0703. The molecule has 3 aromatic carbocycles. The van der Waals surface area contributed by atoms with Crippen LogP contribution in [0.5, 0.6) is 5.75 Å². The summed E-state index contributed by atoms with van der Waals surface area (Å²) < 4.78 is 37.2. The Balaban J connectivity index is 0.000000755. The topological polar surface area (TPSA) is 149 Å². The fourth-order valence-electron chi connectivity index (χ4n) is 5.61. The van der Waals surface area contributed by atoms with Crippen LogP contribution in [0.3, 0.4) is 0 Å². The summed E-state index contributed by atoms with van der Waals surface area (Å²) in [7, 11) is 1.64. The molecule has 0 aliphatic carbocycles. The highest BCUT2D eigenvalue weighted by molar-refractivity contribution is 7.98. The molecule has 2 amide bonds. The molecule has 0 saturated carbocycles. The Morgan fingerprint density at radius 1 is 0.980 bits per heavy atom. The first-order valence-electron chi connectivity index (χ1n) is 16.4. The summed E-state index contributed by atoms with van der Waals surface area (Å²) in [6.45, 7) is 2.70. The van der Waals surface area contributed by atoms with Gasteiger partial charge in [0.25, 0.3) is 0 Å². The summed E-state index contributed by atoms with van der Waals surface area (Å²) in [5, 5.41) is 16.7. The number of nitrogens with one attached hydrogen (secondary N) is 4. The molecule has 2 heterocycles. The van der Waals surface area contributed by atoms with Gasteiger partial charge in [0.2, 0.25) is 11.8 Å². The molecular weight excluding hydrogens is 683 g/mol. The van der Waals surface area contributed by atoms with Gasteiger partial charge in [-0.25, -0.2) is 9.78 Å². The van der Waals surface area contributed by atoms with Crippen molar-refractivity contribution in [3.8, 4) is 17.0 Å². The first-order chi connectivity index (χ1) is 24.4. The van der Waals surface area contributed by atoms with Crippen LogP contribution >= 0.6 is 11.8 Å². The second-order valence-corrected chi connectivity index (χ2v) is 12.9. The number of rotatable bonds is 15. The van der Waals surface area contributed by atoms with Crippen molar-refractivity contribution in [2.24, 2.45) is 0 Å². The molecule has 0 radical (unpaired) electrons. The molecule has 0 bridgehead atoms. The number of carboxylic acids is 1. The van der Waals surface area contributed by atoms with Gasteiger partial charge in [-0.1, -0.05) is 49.2 Å². The van der Waals surface area contributed by atoms with E-state index in [9.17, 15) is 22.8 Å². The molecule has 5 aromatic rings. The van der Waals surface area contributed by atoms with Crippen LogP contribution in [0.2, 0.25) is 0 Å². The number of carbonyl (C=O) groups excluding carboxylic acids is 2. The molecule has 5 rings (SSSR count).